The van der Waals surface area contributed by atoms with E-state index in [0.29, 0.717) is 12.6 Å². The summed E-state index contributed by atoms with van der Waals surface area (Å²) in [5.41, 5.74) is 7.42. The van der Waals surface area contributed by atoms with Gasteiger partial charge in [0.1, 0.15) is 5.82 Å². The monoisotopic (exact) mass is 270 g/mol. The Kier molecular flexibility index (Phi) is 6.68. The Morgan fingerprint density at radius 3 is 2.56 bits per heavy atom. The summed E-state index contributed by atoms with van der Waals surface area (Å²) in [4.78, 5) is 2.28. The molecule has 0 saturated heterocycles. The van der Waals surface area contributed by atoms with E-state index in [0.717, 1.165) is 29.8 Å². The van der Waals surface area contributed by atoms with Gasteiger partial charge >= 0.3 is 0 Å². The Morgan fingerprint density at radius 2 is 2.00 bits per heavy atom. The second-order valence-electron chi connectivity index (χ2n) is 4.60. The molecule has 0 aliphatic rings. The van der Waals surface area contributed by atoms with Crippen molar-refractivity contribution in [2.75, 3.05) is 19.1 Å². The molecule has 1 aromatic rings. The largest absolute Gasteiger partial charge is 0.326 e. The maximum Gasteiger partial charge on any atom is 0.123 e. The van der Waals surface area contributed by atoms with Gasteiger partial charge in [0.15, 0.2) is 0 Å². The predicted molar refractivity (Wildman–Crippen MR) is 78.2 cm³/mol. The molecule has 0 aromatic heterocycles. The van der Waals surface area contributed by atoms with Crippen molar-refractivity contribution < 1.29 is 4.39 Å². The van der Waals surface area contributed by atoms with Crippen LogP contribution in [0.5, 0.6) is 0 Å². The van der Waals surface area contributed by atoms with E-state index in [9.17, 15) is 4.39 Å². The van der Waals surface area contributed by atoms with Gasteiger partial charge in [0.25, 0.3) is 0 Å². The summed E-state index contributed by atoms with van der Waals surface area (Å²) >= 11 is 1.85. The molecule has 1 rings (SSSR count). The van der Waals surface area contributed by atoms with Crippen molar-refractivity contribution in [3.05, 3.63) is 35.1 Å². The summed E-state index contributed by atoms with van der Waals surface area (Å²) in [7, 11) is 2.09. The van der Waals surface area contributed by atoms with Crippen LogP contribution >= 0.6 is 11.8 Å². The third kappa shape index (κ3) is 4.59. The van der Waals surface area contributed by atoms with Gasteiger partial charge in [-0.05, 0) is 43.0 Å². The van der Waals surface area contributed by atoms with Gasteiger partial charge in [-0.2, -0.15) is 11.8 Å². The van der Waals surface area contributed by atoms with Gasteiger partial charge < -0.3 is 5.73 Å². The van der Waals surface area contributed by atoms with E-state index in [4.69, 9.17) is 5.73 Å². The fraction of sp³-hybridized carbons (Fsp3) is 0.571. The molecular formula is C14H23FN2S. The van der Waals surface area contributed by atoms with E-state index in [1.165, 1.54) is 6.07 Å². The van der Waals surface area contributed by atoms with Crippen LogP contribution in [0.3, 0.4) is 0 Å². The van der Waals surface area contributed by atoms with Crippen LogP contribution in [0.25, 0.3) is 0 Å². The average Bonchev–Trinajstić information content (AvgIpc) is 2.34. The average molecular weight is 270 g/mol. The standard InChI is InChI=1S/C14H23FN2S/c1-4-14(10-18-3)17(2)9-12-5-11(8-16)6-13(15)7-12/h5-7,14H,4,8-10,16H2,1-3H3. The van der Waals surface area contributed by atoms with E-state index >= 15 is 0 Å². The first-order chi connectivity index (χ1) is 8.60. The van der Waals surface area contributed by atoms with Crippen molar-refractivity contribution >= 4 is 11.8 Å². The first-order valence-electron chi connectivity index (χ1n) is 6.28. The topological polar surface area (TPSA) is 29.3 Å². The normalized spacial score (nSPS) is 13.0. The van der Waals surface area contributed by atoms with Crippen LogP contribution in [0.4, 0.5) is 4.39 Å². The third-order valence-corrected chi connectivity index (χ3v) is 3.86. The number of thioether (sulfide) groups is 1. The molecule has 1 unspecified atom stereocenters. The number of hydrogen-bond acceptors (Lipinski definition) is 3. The van der Waals surface area contributed by atoms with Crippen molar-refractivity contribution in [2.24, 2.45) is 5.73 Å². The number of rotatable bonds is 7. The van der Waals surface area contributed by atoms with Crippen LogP contribution in [0, 0.1) is 5.82 Å². The molecule has 0 amide bonds. The Morgan fingerprint density at radius 1 is 1.33 bits per heavy atom. The molecule has 18 heavy (non-hydrogen) atoms. The molecule has 0 spiro atoms. The lowest BCUT2D eigenvalue weighted by Crippen LogP contribution is -2.32. The Balaban J connectivity index is 2.73. The van der Waals surface area contributed by atoms with Crippen LogP contribution in [0.15, 0.2) is 18.2 Å². The molecule has 0 radical (unpaired) electrons. The molecule has 0 saturated carbocycles. The fourth-order valence-electron chi connectivity index (χ4n) is 2.09. The van der Waals surface area contributed by atoms with Gasteiger partial charge in [-0.1, -0.05) is 13.0 Å². The number of nitrogens with zero attached hydrogens (tertiary/aromatic N) is 1. The molecule has 0 aliphatic heterocycles. The summed E-state index contributed by atoms with van der Waals surface area (Å²) < 4.78 is 13.4. The van der Waals surface area contributed by atoms with Gasteiger partial charge in [0.2, 0.25) is 0 Å². The molecule has 4 heteroatoms. The third-order valence-electron chi connectivity index (χ3n) is 3.14. The quantitative estimate of drug-likeness (QED) is 0.826. The van der Waals surface area contributed by atoms with E-state index in [-0.39, 0.29) is 5.82 Å². The summed E-state index contributed by atoms with van der Waals surface area (Å²) in [6.07, 6.45) is 3.22. The molecule has 1 aromatic carbocycles. The summed E-state index contributed by atoms with van der Waals surface area (Å²) in [6, 6.07) is 5.62. The molecule has 0 heterocycles. The summed E-state index contributed by atoms with van der Waals surface area (Å²) in [6.45, 7) is 3.34. The van der Waals surface area contributed by atoms with Crippen molar-refractivity contribution in [2.45, 2.75) is 32.5 Å². The van der Waals surface area contributed by atoms with Crippen molar-refractivity contribution in [1.82, 2.24) is 4.90 Å². The second-order valence-corrected chi connectivity index (χ2v) is 5.52. The minimum atomic E-state index is -0.195. The number of hydrogen-bond donors (Lipinski definition) is 1. The smallest absolute Gasteiger partial charge is 0.123 e. The molecular weight excluding hydrogens is 247 g/mol. The highest BCUT2D eigenvalue weighted by molar-refractivity contribution is 7.98. The molecule has 2 N–H and O–H groups in total. The number of benzene rings is 1. The Labute approximate surface area is 114 Å². The summed E-state index contributed by atoms with van der Waals surface area (Å²) in [5, 5.41) is 0. The van der Waals surface area contributed by atoms with E-state index < -0.39 is 0 Å². The Hall–Kier alpha value is -0.580. The maximum atomic E-state index is 13.4. The second kappa shape index (κ2) is 7.77. The minimum Gasteiger partial charge on any atom is -0.326 e. The van der Waals surface area contributed by atoms with Crippen LogP contribution in [0.1, 0.15) is 24.5 Å². The lowest BCUT2D eigenvalue weighted by atomic mass is 10.1. The van der Waals surface area contributed by atoms with Crippen LogP contribution in [0.2, 0.25) is 0 Å². The fourth-order valence-corrected chi connectivity index (χ4v) is 2.97. The van der Waals surface area contributed by atoms with Crippen LogP contribution < -0.4 is 5.73 Å². The molecule has 2 nitrogen and oxygen atoms in total. The zero-order chi connectivity index (χ0) is 13.5. The van der Waals surface area contributed by atoms with E-state index in [1.807, 2.05) is 17.8 Å². The van der Waals surface area contributed by atoms with Gasteiger partial charge in [0, 0.05) is 24.9 Å². The Bertz CT molecular complexity index is 371. The van der Waals surface area contributed by atoms with E-state index in [1.54, 1.807) is 6.07 Å². The lowest BCUT2D eigenvalue weighted by Gasteiger charge is -2.26. The zero-order valence-electron chi connectivity index (χ0n) is 11.4. The van der Waals surface area contributed by atoms with Gasteiger partial charge in [-0.15, -0.1) is 0 Å². The highest BCUT2D eigenvalue weighted by atomic mass is 32.2. The summed E-state index contributed by atoms with van der Waals surface area (Å²) in [5.74, 6) is 0.908. The first kappa shape index (κ1) is 15.5. The number of halogens is 1. The molecule has 102 valence electrons. The van der Waals surface area contributed by atoms with Gasteiger partial charge in [-0.3, -0.25) is 4.90 Å². The molecule has 0 bridgehead atoms. The zero-order valence-corrected chi connectivity index (χ0v) is 12.3. The minimum absolute atomic E-state index is 0.195. The van der Waals surface area contributed by atoms with Crippen LogP contribution in [-0.4, -0.2) is 30.0 Å². The SMILES string of the molecule is CCC(CSC)N(C)Cc1cc(F)cc(CN)c1. The van der Waals surface area contributed by atoms with Gasteiger partial charge in [-0.25, -0.2) is 4.39 Å². The van der Waals surface area contributed by atoms with Crippen molar-refractivity contribution in [1.29, 1.82) is 0 Å². The molecule has 0 aliphatic carbocycles. The lowest BCUT2D eigenvalue weighted by molar-refractivity contribution is 0.247. The highest BCUT2D eigenvalue weighted by Crippen LogP contribution is 2.15. The van der Waals surface area contributed by atoms with Crippen molar-refractivity contribution in [3.63, 3.8) is 0 Å². The van der Waals surface area contributed by atoms with Crippen LogP contribution in [-0.2, 0) is 13.1 Å². The predicted octanol–water partition coefficient (Wildman–Crippen LogP) is 2.86. The molecule has 0 fully saturated rings. The van der Waals surface area contributed by atoms with E-state index in [2.05, 4.69) is 25.1 Å². The highest BCUT2D eigenvalue weighted by Gasteiger charge is 2.13. The first-order valence-corrected chi connectivity index (χ1v) is 7.67. The molecule has 1 atom stereocenters. The maximum absolute atomic E-state index is 13.4. The van der Waals surface area contributed by atoms with Gasteiger partial charge in [0.05, 0.1) is 0 Å². The van der Waals surface area contributed by atoms with Crippen molar-refractivity contribution in [3.8, 4) is 0 Å². The number of nitrogens with two attached hydrogens (primary N) is 1.